The maximum atomic E-state index is 13.5. The molecule has 0 fully saturated rings. The standard InChI is InChI=1S/C12H14F2N6/c1-20(2)12-18-10(15)17-11(19-12)16-6-7-5-8(13)3-4-9(7)14/h3-5H,6H2,1-2H3,(H3,15,16,17,18,19). The number of halogens is 2. The Bertz CT molecular complexity index is 617. The molecule has 0 spiro atoms. The third-order valence-corrected chi connectivity index (χ3v) is 2.49. The van der Waals surface area contributed by atoms with Gasteiger partial charge in [0.2, 0.25) is 17.8 Å². The molecule has 0 saturated carbocycles. The van der Waals surface area contributed by atoms with Gasteiger partial charge in [-0.3, -0.25) is 0 Å². The number of hydrogen-bond donors (Lipinski definition) is 2. The van der Waals surface area contributed by atoms with Crippen molar-refractivity contribution in [1.82, 2.24) is 15.0 Å². The van der Waals surface area contributed by atoms with Crippen molar-refractivity contribution in [1.29, 1.82) is 0 Å². The second-order valence-corrected chi connectivity index (χ2v) is 4.30. The highest BCUT2D eigenvalue weighted by molar-refractivity contribution is 5.41. The Kier molecular flexibility index (Phi) is 3.92. The number of rotatable bonds is 4. The summed E-state index contributed by atoms with van der Waals surface area (Å²) in [5.41, 5.74) is 5.73. The van der Waals surface area contributed by atoms with Crippen molar-refractivity contribution in [3.05, 3.63) is 35.4 Å². The first-order valence-corrected chi connectivity index (χ1v) is 5.82. The Morgan fingerprint density at radius 3 is 2.65 bits per heavy atom. The molecule has 3 N–H and O–H groups in total. The van der Waals surface area contributed by atoms with Crippen LogP contribution >= 0.6 is 0 Å². The molecule has 2 aromatic rings. The predicted octanol–water partition coefficient (Wildman–Crippen LogP) is 1.41. The van der Waals surface area contributed by atoms with Gasteiger partial charge in [-0.15, -0.1) is 0 Å². The summed E-state index contributed by atoms with van der Waals surface area (Å²) in [6, 6.07) is 3.24. The van der Waals surface area contributed by atoms with Crippen LogP contribution in [0.2, 0.25) is 0 Å². The summed E-state index contributed by atoms with van der Waals surface area (Å²) in [7, 11) is 3.51. The number of nitrogens with one attached hydrogen (secondary N) is 1. The van der Waals surface area contributed by atoms with Crippen LogP contribution in [0.1, 0.15) is 5.56 Å². The second-order valence-electron chi connectivity index (χ2n) is 4.30. The van der Waals surface area contributed by atoms with E-state index in [0.29, 0.717) is 5.95 Å². The first-order chi connectivity index (χ1) is 9.45. The summed E-state index contributed by atoms with van der Waals surface area (Å²) in [6.45, 7) is 0.0416. The van der Waals surface area contributed by atoms with E-state index in [0.717, 1.165) is 18.2 Å². The molecular weight excluding hydrogens is 266 g/mol. The smallest absolute Gasteiger partial charge is 0.231 e. The minimum atomic E-state index is -0.507. The van der Waals surface area contributed by atoms with Crippen LogP contribution in [0.25, 0.3) is 0 Å². The fourth-order valence-electron chi connectivity index (χ4n) is 1.51. The molecule has 0 saturated heterocycles. The molecule has 6 nitrogen and oxygen atoms in total. The molecule has 2 rings (SSSR count). The molecule has 0 bridgehead atoms. The molecule has 0 radical (unpaired) electrons. The van der Waals surface area contributed by atoms with E-state index < -0.39 is 11.6 Å². The lowest BCUT2D eigenvalue weighted by atomic mass is 10.2. The van der Waals surface area contributed by atoms with Gasteiger partial charge in [0, 0.05) is 26.2 Å². The van der Waals surface area contributed by atoms with Crippen molar-refractivity contribution in [2.75, 3.05) is 30.0 Å². The molecule has 0 atom stereocenters. The maximum absolute atomic E-state index is 13.5. The summed E-state index contributed by atoms with van der Waals surface area (Å²) in [6.07, 6.45) is 0. The van der Waals surface area contributed by atoms with Crippen molar-refractivity contribution in [2.45, 2.75) is 6.54 Å². The van der Waals surface area contributed by atoms with Gasteiger partial charge < -0.3 is 16.0 Å². The van der Waals surface area contributed by atoms with Gasteiger partial charge in [-0.05, 0) is 18.2 Å². The average molecular weight is 280 g/mol. The van der Waals surface area contributed by atoms with Crippen LogP contribution in [-0.4, -0.2) is 29.0 Å². The quantitative estimate of drug-likeness (QED) is 0.881. The van der Waals surface area contributed by atoms with E-state index in [9.17, 15) is 8.78 Å². The fourth-order valence-corrected chi connectivity index (χ4v) is 1.51. The summed E-state index contributed by atoms with van der Waals surface area (Å²) in [5, 5.41) is 2.79. The zero-order chi connectivity index (χ0) is 14.7. The van der Waals surface area contributed by atoms with Gasteiger partial charge in [-0.25, -0.2) is 8.78 Å². The minimum absolute atomic E-state index is 0.0416. The van der Waals surface area contributed by atoms with Crippen LogP contribution < -0.4 is 16.0 Å². The molecule has 20 heavy (non-hydrogen) atoms. The lowest BCUT2D eigenvalue weighted by Gasteiger charge is -2.12. The van der Waals surface area contributed by atoms with Gasteiger partial charge in [0.25, 0.3) is 0 Å². The van der Waals surface area contributed by atoms with Crippen molar-refractivity contribution in [3.8, 4) is 0 Å². The normalized spacial score (nSPS) is 10.4. The van der Waals surface area contributed by atoms with Gasteiger partial charge in [0.15, 0.2) is 0 Å². The molecule has 0 aliphatic rings. The van der Waals surface area contributed by atoms with Crippen molar-refractivity contribution < 1.29 is 8.78 Å². The fraction of sp³-hybridized carbons (Fsp3) is 0.250. The summed E-state index contributed by atoms with van der Waals surface area (Å²) >= 11 is 0. The van der Waals surface area contributed by atoms with Crippen LogP contribution in [0.4, 0.5) is 26.6 Å². The van der Waals surface area contributed by atoms with Crippen molar-refractivity contribution in [3.63, 3.8) is 0 Å². The second kappa shape index (κ2) is 5.64. The molecule has 1 aromatic carbocycles. The minimum Gasteiger partial charge on any atom is -0.368 e. The topological polar surface area (TPSA) is 80.0 Å². The SMILES string of the molecule is CN(C)c1nc(N)nc(NCc2cc(F)ccc2F)n1. The molecule has 106 valence electrons. The number of anilines is 3. The van der Waals surface area contributed by atoms with Crippen molar-refractivity contribution in [2.24, 2.45) is 0 Å². The Morgan fingerprint density at radius 2 is 1.95 bits per heavy atom. The Balaban J connectivity index is 2.16. The number of nitrogen functional groups attached to an aromatic ring is 1. The van der Waals surface area contributed by atoms with E-state index in [1.54, 1.807) is 19.0 Å². The predicted molar refractivity (Wildman–Crippen MR) is 72.3 cm³/mol. The Labute approximate surface area is 114 Å². The molecule has 0 unspecified atom stereocenters. The monoisotopic (exact) mass is 280 g/mol. The highest BCUT2D eigenvalue weighted by Crippen LogP contribution is 2.13. The zero-order valence-corrected chi connectivity index (χ0v) is 11.1. The lowest BCUT2D eigenvalue weighted by molar-refractivity contribution is 0.587. The first kappa shape index (κ1) is 13.9. The van der Waals surface area contributed by atoms with Crippen molar-refractivity contribution >= 4 is 17.8 Å². The largest absolute Gasteiger partial charge is 0.368 e. The summed E-state index contributed by atoms with van der Waals surface area (Å²) in [4.78, 5) is 13.6. The number of hydrogen-bond acceptors (Lipinski definition) is 6. The Morgan fingerprint density at radius 1 is 1.20 bits per heavy atom. The van der Waals surface area contributed by atoms with Crippen LogP contribution in [0.3, 0.4) is 0 Å². The van der Waals surface area contributed by atoms with Crippen LogP contribution in [0.5, 0.6) is 0 Å². The summed E-state index contributed by atoms with van der Waals surface area (Å²) < 4.78 is 26.5. The molecule has 1 aromatic heterocycles. The highest BCUT2D eigenvalue weighted by Gasteiger charge is 2.08. The van der Waals surface area contributed by atoms with E-state index >= 15 is 0 Å². The molecule has 0 aliphatic carbocycles. The van der Waals surface area contributed by atoms with Gasteiger partial charge in [-0.2, -0.15) is 15.0 Å². The van der Waals surface area contributed by atoms with Gasteiger partial charge in [0.1, 0.15) is 11.6 Å². The van der Waals surface area contributed by atoms with Crippen LogP contribution in [0, 0.1) is 11.6 Å². The molecular formula is C12H14F2N6. The van der Waals surface area contributed by atoms with Gasteiger partial charge in [0.05, 0.1) is 0 Å². The average Bonchev–Trinajstić information content (AvgIpc) is 2.39. The summed E-state index contributed by atoms with van der Waals surface area (Å²) in [5.74, 6) is -0.392. The molecule has 0 amide bonds. The molecule has 8 heteroatoms. The van der Waals surface area contributed by atoms with Crippen LogP contribution in [0.15, 0.2) is 18.2 Å². The number of benzene rings is 1. The van der Waals surface area contributed by atoms with E-state index in [1.165, 1.54) is 0 Å². The first-order valence-electron chi connectivity index (χ1n) is 5.82. The van der Waals surface area contributed by atoms with E-state index in [-0.39, 0.29) is 24.0 Å². The molecule has 1 heterocycles. The zero-order valence-electron chi connectivity index (χ0n) is 11.1. The highest BCUT2D eigenvalue weighted by atomic mass is 19.1. The molecule has 0 aliphatic heterocycles. The third-order valence-electron chi connectivity index (χ3n) is 2.49. The maximum Gasteiger partial charge on any atom is 0.231 e. The Hall–Kier alpha value is -2.51. The van der Waals surface area contributed by atoms with E-state index in [4.69, 9.17) is 5.73 Å². The lowest BCUT2D eigenvalue weighted by Crippen LogP contribution is -2.16. The van der Waals surface area contributed by atoms with E-state index in [2.05, 4.69) is 20.3 Å². The number of nitrogens with zero attached hydrogens (tertiary/aromatic N) is 4. The van der Waals surface area contributed by atoms with Crippen LogP contribution in [-0.2, 0) is 6.54 Å². The van der Waals surface area contributed by atoms with E-state index in [1.807, 2.05) is 0 Å². The van der Waals surface area contributed by atoms with Gasteiger partial charge >= 0.3 is 0 Å². The number of nitrogens with two attached hydrogens (primary N) is 1. The number of aromatic nitrogens is 3. The van der Waals surface area contributed by atoms with Gasteiger partial charge in [-0.1, -0.05) is 0 Å². The third kappa shape index (κ3) is 3.28.